The minimum Gasteiger partial charge on any atom is -0.495 e. The number of halogens is 1. The highest BCUT2D eigenvalue weighted by atomic mass is 19.1. The first-order valence-electron chi connectivity index (χ1n) is 4.83. The molecule has 1 aromatic heterocycles. The second-order valence-corrected chi connectivity index (χ2v) is 3.51. The molecule has 0 aliphatic rings. The van der Waals surface area contributed by atoms with Gasteiger partial charge in [0.05, 0.1) is 18.5 Å². The van der Waals surface area contributed by atoms with E-state index in [0.29, 0.717) is 11.4 Å². The SMILES string of the molecule is CCc1nc(C(C)C)c(F)cc1OC. The van der Waals surface area contributed by atoms with Crippen molar-refractivity contribution in [2.75, 3.05) is 7.11 Å². The van der Waals surface area contributed by atoms with E-state index in [1.165, 1.54) is 13.2 Å². The molecule has 2 nitrogen and oxygen atoms in total. The Morgan fingerprint density at radius 3 is 2.57 bits per heavy atom. The number of methoxy groups -OCH3 is 1. The van der Waals surface area contributed by atoms with E-state index in [9.17, 15) is 4.39 Å². The van der Waals surface area contributed by atoms with Gasteiger partial charge in [-0.3, -0.25) is 4.98 Å². The average Bonchev–Trinajstić information content (AvgIpc) is 2.16. The Morgan fingerprint density at radius 2 is 2.14 bits per heavy atom. The molecule has 14 heavy (non-hydrogen) atoms. The third kappa shape index (κ3) is 2.03. The Bertz CT molecular complexity index is 323. The Labute approximate surface area is 84.1 Å². The fourth-order valence-electron chi connectivity index (χ4n) is 1.36. The minimum atomic E-state index is -0.283. The van der Waals surface area contributed by atoms with Crippen LogP contribution in [0.25, 0.3) is 0 Å². The number of pyridine rings is 1. The molecule has 0 aromatic carbocycles. The molecule has 0 amide bonds. The second kappa shape index (κ2) is 4.40. The van der Waals surface area contributed by atoms with Crippen LogP contribution in [-0.2, 0) is 6.42 Å². The summed E-state index contributed by atoms with van der Waals surface area (Å²) in [5, 5.41) is 0. The van der Waals surface area contributed by atoms with E-state index in [1.54, 1.807) is 0 Å². The van der Waals surface area contributed by atoms with E-state index in [1.807, 2.05) is 20.8 Å². The van der Waals surface area contributed by atoms with Gasteiger partial charge in [0.15, 0.2) is 0 Å². The van der Waals surface area contributed by atoms with Gasteiger partial charge in [0.1, 0.15) is 11.6 Å². The standard InChI is InChI=1S/C11H16FNO/c1-5-9-10(14-4)6-8(12)11(13-9)7(2)3/h6-7H,5H2,1-4H3. The largest absolute Gasteiger partial charge is 0.495 e. The zero-order valence-corrected chi connectivity index (χ0v) is 9.10. The molecule has 1 aromatic rings. The fraction of sp³-hybridized carbons (Fsp3) is 0.545. The lowest BCUT2D eigenvalue weighted by atomic mass is 10.1. The number of hydrogen-bond donors (Lipinski definition) is 0. The highest BCUT2D eigenvalue weighted by molar-refractivity contribution is 5.31. The number of ether oxygens (including phenoxy) is 1. The van der Waals surface area contributed by atoms with E-state index in [4.69, 9.17) is 4.74 Å². The quantitative estimate of drug-likeness (QED) is 0.743. The van der Waals surface area contributed by atoms with E-state index < -0.39 is 0 Å². The zero-order valence-electron chi connectivity index (χ0n) is 9.10. The van der Waals surface area contributed by atoms with Crippen LogP contribution < -0.4 is 4.74 Å². The molecule has 78 valence electrons. The van der Waals surface area contributed by atoms with Crippen molar-refractivity contribution in [3.8, 4) is 5.75 Å². The van der Waals surface area contributed by atoms with Gasteiger partial charge in [-0.1, -0.05) is 20.8 Å². The molecule has 0 radical (unpaired) electrons. The van der Waals surface area contributed by atoms with Crippen molar-refractivity contribution in [2.24, 2.45) is 0 Å². The lowest BCUT2D eigenvalue weighted by molar-refractivity contribution is 0.401. The van der Waals surface area contributed by atoms with Crippen molar-refractivity contribution in [1.29, 1.82) is 0 Å². The number of aryl methyl sites for hydroxylation is 1. The van der Waals surface area contributed by atoms with Crippen molar-refractivity contribution in [1.82, 2.24) is 4.98 Å². The molecule has 0 spiro atoms. The van der Waals surface area contributed by atoms with Crippen LogP contribution >= 0.6 is 0 Å². The van der Waals surface area contributed by atoms with E-state index in [0.717, 1.165) is 12.1 Å². The summed E-state index contributed by atoms with van der Waals surface area (Å²) in [6.07, 6.45) is 0.753. The molecule has 0 aliphatic carbocycles. The minimum absolute atomic E-state index is 0.103. The molecule has 0 atom stereocenters. The molecule has 0 saturated carbocycles. The maximum atomic E-state index is 13.5. The van der Waals surface area contributed by atoms with Gasteiger partial charge in [0, 0.05) is 6.07 Å². The summed E-state index contributed by atoms with van der Waals surface area (Å²) in [5.74, 6) is 0.356. The number of nitrogens with zero attached hydrogens (tertiary/aromatic N) is 1. The summed E-state index contributed by atoms with van der Waals surface area (Å²) in [7, 11) is 1.53. The molecule has 0 unspecified atom stereocenters. The first-order valence-corrected chi connectivity index (χ1v) is 4.83. The second-order valence-electron chi connectivity index (χ2n) is 3.51. The third-order valence-electron chi connectivity index (χ3n) is 2.14. The van der Waals surface area contributed by atoms with Crippen molar-refractivity contribution in [2.45, 2.75) is 33.1 Å². The summed E-state index contributed by atoms with van der Waals surface area (Å²) in [6.45, 7) is 5.83. The van der Waals surface area contributed by atoms with Crippen molar-refractivity contribution in [3.05, 3.63) is 23.3 Å². The first-order chi connectivity index (χ1) is 6.60. The van der Waals surface area contributed by atoms with Gasteiger partial charge < -0.3 is 4.74 Å². The van der Waals surface area contributed by atoms with Crippen LogP contribution in [0.5, 0.6) is 5.75 Å². The molecule has 1 rings (SSSR count). The van der Waals surface area contributed by atoms with Crippen LogP contribution in [0.3, 0.4) is 0 Å². The average molecular weight is 197 g/mol. The van der Waals surface area contributed by atoms with Crippen molar-refractivity contribution >= 4 is 0 Å². The van der Waals surface area contributed by atoms with Gasteiger partial charge in [-0.15, -0.1) is 0 Å². The zero-order chi connectivity index (χ0) is 10.7. The van der Waals surface area contributed by atoms with Crippen LogP contribution in [0.1, 0.15) is 38.1 Å². The smallest absolute Gasteiger partial charge is 0.148 e. The summed E-state index contributed by atoms with van der Waals surface area (Å²) in [4.78, 5) is 4.26. The predicted octanol–water partition coefficient (Wildman–Crippen LogP) is 2.92. The topological polar surface area (TPSA) is 22.1 Å². The van der Waals surface area contributed by atoms with E-state index >= 15 is 0 Å². The number of rotatable bonds is 3. The van der Waals surface area contributed by atoms with Crippen molar-refractivity contribution in [3.63, 3.8) is 0 Å². The maximum Gasteiger partial charge on any atom is 0.148 e. The summed E-state index contributed by atoms with van der Waals surface area (Å²) < 4.78 is 18.5. The van der Waals surface area contributed by atoms with Crippen LogP contribution in [0.2, 0.25) is 0 Å². The normalized spacial score (nSPS) is 10.7. The summed E-state index contributed by atoms with van der Waals surface area (Å²) >= 11 is 0. The molecule has 0 fully saturated rings. The highest BCUT2D eigenvalue weighted by Gasteiger charge is 2.13. The van der Waals surface area contributed by atoms with Crippen LogP contribution in [0.4, 0.5) is 4.39 Å². The lowest BCUT2D eigenvalue weighted by Gasteiger charge is -2.11. The highest BCUT2D eigenvalue weighted by Crippen LogP contribution is 2.24. The molecular formula is C11H16FNO. The van der Waals surface area contributed by atoms with Gasteiger partial charge in [0.2, 0.25) is 0 Å². The van der Waals surface area contributed by atoms with Crippen LogP contribution in [-0.4, -0.2) is 12.1 Å². The molecular weight excluding hydrogens is 181 g/mol. The number of hydrogen-bond acceptors (Lipinski definition) is 2. The van der Waals surface area contributed by atoms with Gasteiger partial charge in [-0.2, -0.15) is 0 Å². The monoisotopic (exact) mass is 197 g/mol. The summed E-state index contributed by atoms with van der Waals surface area (Å²) in [5.41, 5.74) is 1.33. The van der Waals surface area contributed by atoms with Gasteiger partial charge in [0.25, 0.3) is 0 Å². The van der Waals surface area contributed by atoms with Gasteiger partial charge in [-0.25, -0.2) is 4.39 Å². The first kappa shape index (κ1) is 11.0. The Kier molecular flexibility index (Phi) is 3.44. The Morgan fingerprint density at radius 1 is 1.50 bits per heavy atom. The molecule has 1 heterocycles. The summed E-state index contributed by atoms with van der Waals surface area (Å²) in [6, 6.07) is 1.42. The van der Waals surface area contributed by atoms with E-state index in [2.05, 4.69) is 4.98 Å². The fourth-order valence-corrected chi connectivity index (χ4v) is 1.36. The van der Waals surface area contributed by atoms with Crippen LogP contribution in [0.15, 0.2) is 6.07 Å². The molecule has 0 saturated heterocycles. The molecule has 3 heteroatoms. The molecule has 0 N–H and O–H groups in total. The number of aromatic nitrogens is 1. The van der Waals surface area contributed by atoms with E-state index in [-0.39, 0.29) is 11.7 Å². The predicted molar refractivity (Wildman–Crippen MR) is 54.2 cm³/mol. The Balaban J connectivity index is 3.23. The lowest BCUT2D eigenvalue weighted by Crippen LogP contribution is -2.03. The van der Waals surface area contributed by atoms with Crippen LogP contribution in [0, 0.1) is 5.82 Å². The molecule has 0 aliphatic heterocycles. The Hall–Kier alpha value is -1.12. The molecule has 0 bridgehead atoms. The maximum absolute atomic E-state index is 13.5. The van der Waals surface area contributed by atoms with Gasteiger partial charge >= 0.3 is 0 Å². The van der Waals surface area contributed by atoms with Gasteiger partial charge in [-0.05, 0) is 12.3 Å². The third-order valence-corrected chi connectivity index (χ3v) is 2.14. The van der Waals surface area contributed by atoms with Crippen molar-refractivity contribution < 1.29 is 9.13 Å².